The number of carbonyl (C=O) groups is 1. The maximum atomic E-state index is 9.00. The maximum Gasteiger partial charge on any atom is 0.300 e. The van der Waals surface area contributed by atoms with E-state index in [-0.39, 0.29) is 0 Å². The number of rotatable bonds is 6. The van der Waals surface area contributed by atoms with Crippen molar-refractivity contribution in [2.45, 2.75) is 33.1 Å². The Hall–Kier alpha value is -2.34. The lowest BCUT2D eigenvalue weighted by Gasteiger charge is -2.08. The lowest BCUT2D eigenvalue weighted by Crippen LogP contribution is -1.97. The summed E-state index contributed by atoms with van der Waals surface area (Å²) in [7, 11) is 0. The van der Waals surface area contributed by atoms with Gasteiger partial charge < -0.3 is 9.84 Å². The normalized spacial score (nSPS) is 10.2. The Bertz CT molecular complexity index is 971. The first-order valence-corrected chi connectivity index (χ1v) is 10.3. The van der Waals surface area contributed by atoms with Crippen molar-refractivity contribution in [3.05, 3.63) is 80.8 Å². The van der Waals surface area contributed by atoms with Gasteiger partial charge in [0.15, 0.2) is 0 Å². The SMILES string of the molecule is CC(=O)O.Cc1ncnc(CCCc2ccc(Oc3cc(Cl)cc(Cl)c3)cc2)c1Cl. The quantitative estimate of drug-likeness (QED) is 0.431. The molecule has 0 bridgehead atoms. The summed E-state index contributed by atoms with van der Waals surface area (Å²) in [6.45, 7) is 2.97. The second kappa shape index (κ2) is 11.7. The van der Waals surface area contributed by atoms with Gasteiger partial charge in [0.25, 0.3) is 5.97 Å². The van der Waals surface area contributed by atoms with Crippen molar-refractivity contribution in [1.82, 2.24) is 9.97 Å². The topological polar surface area (TPSA) is 72.3 Å². The number of nitrogens with zero attached hydrogens (tertiary/aromatic N) is 2. The Morgan fingerprint density at radius 1 is 0.967 bits per heavy atom. The monoisotopic (exact) mass is 466 g/mol. The van der Waals surface area contributed by atoms with E-state index in [1.54, 1.807) is 24.5 Å². The van der Waals surface area contributed by atoms with E-state index in [2.05, 4.69) is 9.97 Å². The van der Waals surface area contributed by atoms with Crippen molar-refractivity contribution in [2.75, 3.05) is 0 Å². The van der Waals surface area contributed by atoms with Gasteiger partial charge in [0.1, 0.15) is 17.8 Å². The van der Waals surface area contributed by atoms with Crippen LogP contribution in [0.1, 0.15) is 30.3 Å². The standard InChI is InChI=1S/C20H17Cl3N2O.C2H4O2/c1-13-20(23)19(25-12-24-13)4-2-3-14-5-7-17(8-6-14)26-18-10-15(21)9-16(22)11-18;1-2(3)4/h5-12H,2-4H2,1H3;1H3,(H,3,4). The Morgan fingerprint density at radius 2 is 1.57 bits per heavy atom. The van der Waals surface area contributed by atoms with Crippen LogP contribution in [0.25, 0.3) is 0 Å². The van der Waals surface area contributed by atoms with Crippen molar-refractivity contribution < 1.29 is 14.6 Å². The molecule has 0 atom stereocenters. The van der Waals surface area contributed by atoms with Gasteiger partial charge in [0.05, 0.1) is 16.4 Å². The molecule has 158 valence electrons. The van der Waals surface area contributed by atoms with E-state index in [4.69, 9.17) is 49.4 Å². The average Bonchev–Trinajstić information content (AvgIpc) is 2.65. The molecule has 1 aromatic heterocycles. The first kappa shape index (κ1) is 23.9. The fourth-order valence-electron chi connectivity index (χ4n) is 2.59. The van der Waals surface area contributed by atoms with Crippen LogP contribution in [0.2, 0.25) is 15.1 Å². The summed E-state index contributed by atoms with van der Waals surface area (Å²) >= 11 is 18.2. The number of carboxylic acid groups (broad SMARTS) is 1. The molecule has 0 amide bonds. The van der Waals surface area contributed by atoms with Gasteiger partial charge >= 0.3 is 0 Å². The second-order valence-corrected chi connectivity index (χ2v) is 7.69. The number of aryl methyl sites for hydroxylation is 3. The Morgan fingerprint density at radius 3 is 2.17 bits per heavy atom. The molecule has 5 nitrogen and oxygen atoms in total. The van der Waals surface area contributed by atoms with Gasteiger partial charge in [-0.15, -0.1) is 0 Å². The summed E-state index contributed by atoms with van der Waals surface area (Å²) < 4.78 is 5.79. The van der Waals surface area contributed by atoms with Crippen molar-refractivity contribution in [3.63, 3.8) is 0 Å². The molecule has 8 heteroatoms. The van der Waals surface area contributed by atoms with Crippen molar-refractivity contribution in [1.29, 1.82) is 0 Å². The molecule has 0 radical (unpaired) electrons. The summed E-state index contributed by atoms with van der Waals surface area (Å²) in [5.74, 6) is 0.519. The van der Waals surface area contributed by atoms with Gasteiger partial charge in [-0.05, 0) is 62.1 Å². The molecule has 30 heavy (non-hydrogen) atoms. The zero-order chi connectivity index (χ0) is 22.1. The predicted molar refractivity (Wildman–Crippen MR) is 120 cm³/mol. The molecule has 0 spiro atoms. The molecule has 1 N–H and O–H groups in total. The molecule has 0 aliphatic heterocycles. The first-order valence-electron chi connectivity index (χ1n) is 9.13. The Labute approximate surface area is 190 Å². The molecule has 0 saturated carbocycles. The number of ether oxygens (including phenoxy) is 1. The molecule has 0 fully saturated rings. The Kier molecular flexibility index (Phi) is 9.37. The average molecular weight is 468 g/mol. The lowest BCUT2D eigenvalue weighted by molar-refractivity contribution is -0.134. The van der Waals surface area contributed by atoms with Crippen molar-refractivity contribution in [2.24, 2.45) is 0 Å². The fraction of sp³-hybridized carbons (Fsp3) is 0.227. The molecule has 0 unspecified atom stereocenters. The molecule has 0 saturated heterocycles. The summed E-state index contributed by atoms with van der Waals surface area (Å²) in [6, 6.07) is 13.1. The van der Waals surface area contributed by atoms with Crippen LogP contribution in [0.4, 0.5) is 0 Å². The van der Waals surface area contributed by atoms with Gasteiger partial charge in [0.2, 0.25) is 0 Å². The molecular weight excluding hydrogens is 447 g/mol. The summed E-state index contributed by atoms with van der Waals surface area (Å²) in [5.41, 5.74) is 2.94. The van der Waals surface area contributed by atoms with E-state index in [0.29, 0.717) is 20.8 Å². The van der Waals surface area contributed by atoms with Crippen LogP contribution in [0, 0.1) is 6.92 Å². The van der Waals surface area contributed by atoms with Crippen LogP contribution in [0.5, 0.6) is 11.5 Å². The van der Waals surface area contributed by atoms with Gasteiger partial charge in [-0.25, -0.2) is 9.97 Å². The highest BCUT2D eigenvalue weighted by atomic mass is 35.5. The van der Waals surface area contributed by atoms with E-state index < -0.39 is 5.97 Å². The van der Waals surface area contributed by atoms with Crippen LogP contribution >= 0.6 is 34.8 Å². The molecule has 3 aromatic rings. The zero-order valence-corrected chi connectivity index (χ0v) is 18.8. The molecule has 1 heterocycles. The minimum atomic E-state index is -0.833. The van der Waals surface area contributed by atoms with Gasteiger partial charge in [0, 0.05) is 17.0 Å². The Balaban J connectivity index is 0.000000735. The number of carboxylic acids is 1. The van der Waals surface area contributed by atoms with Gasteiger partial charge in [-0.3, -0.25) is 4.79 Å². The third-order valence-electron chi connectivity index (χ3n) is 3.91. The number of hydrogen-bond acceptors (Lipinski definition) is 4. The number of halogens is 3. The van der Waals surface area contributed by atoms with Crippen molar-refractivity contribution in [3.8, 4) is 11.5 Å². The van der Waals surface area contributed by atoms with E-state index in [9.17, 15) is 0 Å². The number of aromatic nitrogens is 2. The lowest BCUT2D eigenvalue weighted by atomic mass is 10.1. The molecule has 0 aliphatic rings. The molecule has 3 rings (SSSR count). The number of benzene rings is 2. The minimum Gasteiger partial charge on any atom is -0.481 e. The minimum absolute atomic E-state index is 0.544. The fourth-order valence-corrected chi connectivity index (χ4v) is 3.29. The molecule has 0 aliphatic carbocycles. The van der Waals surface area contributed by atoms with Gasteiger partial charge in [-0.2, -0.15) is 0 Å². The summed E-state index contributed by atoms with van der Waals surface area (Å²) in [6.07, 6.45) is 4.27. The van der Waals surface area contributed by atoms with E-state index in [1.165, 1.54) is 5.56 Å². The van der Waals surface area contributed by atoms with Crippen LogP contribution in [0.3, 0.4) is 0 Å². The predicted octanol–water partition coefficient (Wildman–Crippen LogP) is 6.80. The second-order valence-electron chi connectivity index (χ2n) is 6.44. The summed E-state index contributed by atoms with van der Waals surface area (Å²) in [5, 5.41) is 9.17. The highest BCUT2D eigenvalue weighted by Gasteiger charge is 2.06. The van der Waals surface area contributed by atoms with Crippen molar-refractivity contribution >= 4 is 40.8 Å². The molecule has 2 aromatic carbocycles. The third-order valence-corrected chi connectivity index (χ3v) is 4.84. The van der Waals surface area contributed by atoms with Crippen LogP contribution in [0.15, 0.2) is 48.8 Å². The van der Waals surface area contributed by atoms with Crippen LogP contribution in [-0.2, 0) is 17.6 Å². The first-order chi connectivity index (χ1) is 14.2. The van der Waals surface area contributed by atoms with Crippen LogP contribution < -0.4 is 4.74 Å². The highest BCUT2D eigenvalue weighted by molar-refractivity contribution is 6.34. The highest BCUT2D eigenvalue weighted by Crippen LogP contribution is 2.28. The number of hydrogen-bond donors (Lipinski definition) is 1. The van der Waals surface area contributed by atoms with Crippen LogP contribution in [-0.4, -0.2) is 21.0 Å². The van der Waals surface area contributed by atoms with E-state index in [1.807, 2.05) is 31.2 Å². The van der Waals surface area contributed by atoms with E-state index >= 15 is 0 Å². The smallest absolute Gasteiger partial charge is 0.300 e. The third kappa shape index (κ3) is 8.19. The zero-order valence-electron chi connectivity index (χ0n) is 16.5. The van der Waals surface area contributed by atoms with E-state index in [0.717, 1.165) is 43.3 Å². The molecular formula is C22H21Cl3N2O3. The van der Waals surface area contributed by atoms with Gasteiger partial charge in [-0.1, -0.05) is 46.9 Å². The maximum absolute atomic E-state index is 9.00. The largest absolute Gasteiger partial charge is 0.481 e. The number of aliphatic carboxylic acids is 1. The summed E-state index contributed by atoms with van der Waals surface area (Å²) in [4.78, 5) is 17.3.